The molecule has 0 bridgehead atoms. The van der Waals surface area contributed by atoms with Crippen LogP contribution in [0.4, 0.5) is 0 Å². The third kappa shape index (κ3) is 2.03. The number of carbonyl (C=O) groups is 1. The molecule has 0 saturated carbocycles. The molecule has 0 N–H and O–H groups in total. The van der Waals surface area contributed by atoms with Crippen molar-refractivity contribution in [3.63, 3.8) is 0 Å². The number of rotatable bonds is 3. The summed E-state index contributed by atoms with van der Waals surface area (Å²) in [4.78, 5) is 11.3. The van der Waals surface area contributed by atoms with Crippen molar-refractivity contribution in [3.8, 4) is 11.1 Å². The molecule has 0 saturated heterocycles. The number of nitrogens with zero attached hydrogens (tertiary/aromatic N) is 2. The van der Waals surface area contributed by atoms with Crippen LogP contribution in [0.3, 0.4) is 0 Å². The number of aromatic nitrogens is 2. The Morgan fingerprint density at radius 3 is 2.81 bits per heavy atom. The van der Waals surface area contributed by atoms with Gasteiger partial charge >= 0.3 is 0 Å². The van der Waals surface area contributed by atoms with Crippen LogP contribution in [0.2, 0.25) is 0 Å². The fourth-order valence-electron chi connectivity index (χ4n) is 1.60. The first-order valence-corrected chi connectivity index (χ1v) is 5.34. The average Bonchev–Trinajstić information content (AvgIpc) is 2.77. The summed E-state index contributed by atoms with van der Waals surface area (Å²) in [7, 11) is 0. The number of Topliss-reactive ketones (excluding diaryl/α,β-unsaturated/α-hetero) is 1. The minimum atomic E-state index is 0.0877. The van der Waals surface area contributed by atoms with Gasteiger partial charge in [0, 0.05) is 23.9 Å². The maximum absolute atomic E-state index is 11.3. The molecule has 0 radical (unpaired) electrons. The standard InChI is InChI=1S/C13H14N2O/c1-3-15-9-13(8-14-15)12-6-4-5-11(7-12)10(2)16/h4-9H,3H2,1-2H3. The highest BCUT2D eigenvalue weighted by atomic mass is 16.1. The van der Waals surface area contributed by atoms with Gasteiger partial charge in [-0.15, -0.1) is 0 Å². The van der Waals surface area contributed by atoms with Gasteiger partial charge in [0.15, 0.2) is 5.78 Å². The zero-order valence-corrected chi connectivity index (χ0v) is 9.47. The van der Waals surface area contributed by atoms with E-state index < -0.39 is 0 Å². The van der Waals surface area contributed by atoms with Crippen LogP contribution in [0.15, 0.2) is 36.7 Å². The lowest BCUT2D eigenvalue weighted by molar-refractivity contribution is 0.101. The molecule has 0 aliphatic carbocycles. The number of ketones is 1. The second-order valence-corrected chi connectivity index (χ2v) is 3.72. The molecule has 0 spiro atoms. The van der Waals surface area contributed by atoms with Crippen molar-refractivity contribution in [2.75, 3.05) is 0 Å². The van der Waals surface area contributed by atoms with E-state index in [1.165, 1.54) is 0 Å². The van der Waals surface area contributed by atoms with Crippen molar-refractivity contribution in [2.24, 2.45) is 0 Å². The van der Waals surface area contributed by atoms with Gasteiger partial charge in [-0.25, -0.2) is 0 Å². The van der Waals surface area contributed by atoms with E-state index in [4.69, 9.17) is 0 Å². The lowest BCUT2D eigenvalue weighted by atomic mass is 10.0. The quantitative estimate of drug-likeness (QED) is 0.736. The van der Waals surface area contributed by atoms with Crippen molar-refractivity contribution in [1.29, 1.82) is 0 Å². The topological polar surface area (TPSA) is 34.9 Å². The van der Waals surface area contributed by atoms with Crippen molar-refractivity contribution in [3.05, 3.63) is 42.2 Å². The summed E-state index contributed by atoms with van der Waals surface area (Å²) in [6.07, 6.45) is 3.81. The predicted molar refractivity (Wildman–Crippen MR) is 63.3 cm³/mol. The van der Waals surface area contributed by atoms with E-state index in [9.17, 15) is 4.79 Å². The Hall–Kier alpha value is -1.90. The molecule has 3 heteroatoms. The van der Waals surface area contributed by atoms with Crippen molar-refractivity contribution < 1.29 is 4.79 Å². The summed E-state index contributed by atoms with van der Waals surface area (Å²) in [5, 5.41) is 4.22. The number of benzene rings is 1. The largest absolute Gasteiger partial charge is 0.295 e. The zero-order chi connectivity index (χ0) is 11.5. The van der Waals surface area contributed by atoms with E-state index in [2.05, 4.69) is 5.10 Å². The molecule has 0 aliphatic heterocycles. The van der Waals surface area contributed by atoms with Gasteiger partial charge in [-0.1, -0.05) is 18.2 Å². The molecule has 0 unspecified atom stereocenters. The number of carbonyl (C=O) groups excluding carboxylic acids is 1. The Bertz CT molecular complexity index is 514. The van der Waals surface area contributed by atoms with Crippen molar-refractivity contribution in [2.45, 2.75) is 20.4 Å². The van der Waals surface area contributed by atoms with E-state index >= 15 is 0 Å². The fraction of sp³-hybridized carbons (Fsp3) is 0.231. The third-order valence-corrected chi connectivity index (χ3v) is 2.56. The number of aryl methyl sites for hydroxylation is 1. The molecule has 3 nitrogen and oxygen atoms in total. The van der Waals surface area contributed by atoms with Crippen LogP contribution in [-0.2, 0) is 6.54 Å². The number of hydrogen-bond acceptors (Lipinski definition) is 2. The minimum absolute atomic E-state index is 0.0877. The van der Waals surface area contributed by atoms with Crippen molar-refractivity contribution >= 4 is 5.78 Å². The zero-order valence-electron chi connectivity index (χ0n) is 9.47. The highest BCUT2D eigenvalue weighted by Gasteiger charge is 2.04. The molecule has 0 atom stereocenters. The van der Waals surface area contributed by atoms with Crippen LogP contribution in [0.5, 0.6) is 0 Å². The fourth-order valence-corrected chi connectivity index (χ4v) is 1.60. The Kier molecular flexibility index (Phi) is 2.86. The van der Waals surface area contributed by atoms with Crippen LogP contribution < -0.4 is 0 Å². The normalized spacial score (nSPS) is 10.4. The molecule has 0 amide bonds. The van der Waals surface area contributed by atoms with Crippen LogP contribution in [0, 0.1) is 0 Å². The summed E-state index contributed by atoms with van der Waals surface area (Å²) in [5.41, 5.74) is 2.82. The van der Waals surface area contributed by atoms with Crippen LogP contribution in [0.25, 0.3) is 11.1 Å². The molecular formula is C13H14N2O. The smallest absolute Gasteiger partial charge is 0.159 e. The average molecular weight is 214 g/mol. The minimum Gasteiger partial charge on any atom is -0.295 e. The van der Waals surface area contributed by atoms with Gasteiger partial charge < -0.3 is 0 Å². The Balaban J connectivity index is 2.40. The monoisotopic (exact) mass is 214 g/mol. The maximum atomic E-state index is 11.3. The first-order valence-electron chi connectivity index (χ1n) is 5.34. The molecular weight excluding hydrogens is 200 g/mol. The van der Waals surface area contributed by atoms with E-state index in [1.807, 2.05) is 48.3 Å². The molecule has 0 aliphatic rings. The SMILES string of the molecule is CCn1cc(-c2cccc(C(C)=O)c2)cn1. The molecule has 1 aromatic heterocycles. The van der Waals surface area contributed by atoms with Crippen molar-refractivity contribution in [1.82, 2.24) is 9.78 Å². The lowest BCUT2D eigenvalue weighted by Gasteiger charge is -1.99. The lowest BCUT2D eigenvalue weighted by Crippen LogP contribution is -1.92. The van der Waals surface area contributed by atoms with Gasteiger partial charge in [0.2, 0.25) is 0 Å². The second kappa shape index (κ2) is 4.31. The Labute approximate surface area is 94.7 Å². The predicted octanol–water partition coefficient (Wildman–Crippen LogP) is 2.77. The molecule has 82 valence electrons. The van der Waals surface area contributed by atoms with Crippen LogP contribution in [0.1, 0.15) is 24.2 Å². The molecule has 2 rings (SSSR count). The van der Waals surface area contributed by atoms with Gasteiger partial charge in [0.25, 0.3) is 0 Å². The summed E-state index contributed by atoms with van der Waals surface area (Å²) in [6, 6.07) is 7.62. The summed E-state index contributed by atoms with van der Waals surface area (Å²) in [5.74, 6) is 0.0877. The van der Waals surface area contributed by atoms with Gasteiger partial charge in [-0.2, -0.15) is 5.10 Å². The molecule has 16 heavy (non-hydrogen) atoms. The first-order chi connectivity index (χ1) is 7.70. The van der Waals surface area contributed by atoms with E-state index in [-0.39, 0.29) is 5.78 Å². The van der Waals surface area contributed by atoms with Gasteiger partial charge in [0.1, 0.15) is 0 Å². The highest BCUT2D eigenvalue weighted by molar-refractivity contribution is 5.95. The maximum Gasteiger partial charge on any atom is 0.159 e. The number of hydrogen-bond donors (Lipinski definition) is 0. The summed E-state index contributed by atoms with van der Waals surface area (Å²) < 4.78 is 1.87. The first kappa shape index (κ1) is 10.6. The van der Waals surface area contributed by atoms with E-state index in [0.29, 0.717) is 0 Å². The van der Waals surface area contributed by atoms with Crippen LogP contribution in [-0.4, -0.2) is 15.6 Å². The molecule has 1 heterocycles. The second-order valence-electron chi connectivity index (χ2n) is 3.72. The van der Waals surface area contributed by atoms with Crippen LogP contribution >= 0.6 is 0 Å². The Morgan fingerprint density at radius 1 is 1.38 bits per heavy atom. The van der Waals surface area contributed by atoms with Gasteiger partial charge in [-0.05, 0) is 25.5 Å². The van der Waals surface area contributed by atoms with Gasteiger partial charge in [0.05, 0.1) is 6.20 Å². The molecule has 1 aromatic carbocycles. The highest BCUT2D eigenvalue weighted by Crippen LogP contribution is 2.19. The summed E-state index contributed by atoms with van der Waals surface area (Å²) in [6.45, 7) is 4.48. The molecule has 0 fully saturated rings. The van der Waals surface area contributed by atoms with E-state index in [0.717, 1.165) is 23.2 Å². The van der Waals surface area contributed by atoms with Gasteiger partial charge in [-0.3, -0.25) is 9.48 Å². The third-order valence-electron chi connectivity index (χ3n) is 2.56. The Morgan fingerprint density at radius 2 is 2.19 bits per heavy atom. The van der Waals surface area contributed by atoms with E-state index in [1.54, 1.807) is 6.92 Å². The molecule has 2 aromatic rings. The summed E-state index contributed by atoms with van der Waals surface area (Å²) >= 11 is 0.